The number of unbranched alkanes of at least 4 members (excludes halogenated alkanes) is 38. The number of hydrogen-bond donors (Lipinski definition) is 3. The molecule has 0 aromatic carbocycles. The first-order valence-electron chi connectivity index (χ1n) is 36.5. The molecule has 17 nitrogen and oxygen atoms in total. The smallest absolute Gasteiger partial charge is 0.462 e. The highest BCUT2D eigenvalue weighted by Gasteiger charge is 2.30. The summed E-state index contributed by atoms with van der Waals surface area (Å²) in [7, 11) is -9.90. The highest BCUT2D eigenvalue weighted by molar-refractivity contribution is 7.47. The number of esters is 4. The lowest BCUT2D eigenvalue weighted by atomic mass is 9.99. The van der Waals surface area contributed by atoms with Crippen LogP contribution in [0, 0.1) is 11.8 Å². The zero-order valence-corrected chi connectivity index (χ0v) is 59.5. The Morgan fingerprint density at radius 2 is 0.573 bits per heavy atom. The minimum Gasteiger partial charge on any atom is -0.462 e. The molecule has 0 aromatic rings. The Kier molecular flexibility index (Phi) is 60.8. The summed E-state index contributed by atoms with van der Waals surface area (Å²) >= 11 is 0. The van der Waals surface area contributed by atoms with Gasteiger partial charge >= 0.3 is 39.5 Å². The number of phosphoric acid groups is 2. The van der Waals surface area contributed by atoms with E-state index in [1.165, 1.54) is 167 Å². The molecule has 89 heavy (non-hydrogen) atoms. The van der Waals surface area contributed by atoms with Crippen molar-refractivity contribution in [2.45, 2.75) is 374 Å². The Bertz CT molecular complexity index is 1740. The summed E-state index contributed by atoms with van der Waals surface area (Å²) in [6.07, 6.45) is 47.3. The van der Waals surface area contributed by atoms with Gasteiger partial charge in [-0.1, -0.05) is 305 Å². The molecule has 0 radical (unpaired) electrons. The van der Waals surface area contributed by atoms with E-state index in [0.29, 0.717) is 31.6 Å². The lowest BCUT2D eigenvalue weighted by Crippen LogP contribution is -2.30. The Morgan fingerprint density at radius 1 is 0.326 bits per heavy atom. The first-order chi connectivity index (χ1) is 42.9. The monoisotopic (exact) mass is 1310 g/mol. The number of aliphatic hydroxyl groups is 1. The normalized spacial score (nSPS) is 14.4. The van der Waals surface area contributed by atoms with Gasteiger partial charge in [0, 0.05) is 25.7 Å². The summed E-state index contributed by atoms with van der Waals surface area (Å²) in [5.74, 6) is -0.669. The fourth-order valence-corrected chi connectivity index (χ4v) is 12.1. The third kappa shape index (κ3) is 63.2. The molecule has 19 heteroatoms. The molecular weight excluding hydrogens is 1170 g/mol. The van der Waals surface area contributed by atoms with E-state index in [2.05, 4.69) is 41.5 Å². The van der Waals surface area contributed by atoms with Gasteiger partial charge in [0.05, 0.1) is 26.4 Å². The van der Waals surface area contributed by atoms with Crippen molar-refractivity contribution in [3.8, 4) is 0 Å². The first-order valence-corrected chi connectivity index (χ1v) is 39.5. The predicted octanol–water partition coefficient (Wildman–Crippen LogP) is 20.0. The summed E-state index contributed by atoms with van der Waals surface area (Å²) in [6.45, 7) is 9.46. The zero-order chi connectivity index (χ0) is 65.7. The molecule has 0 saturated carbocycles. The summed E-state index contributed by atoms with van der Waals surface area (Å²) in [5.41, 5.74) is 0. The van der Waals surface area contributed by atoms with Gasteiger partial charge in [0.15, 0.2) is 12.2 Å². The molecule has 0 aliphatic rings. The lowest BCUT2D eigenvalue weighted by molar-refractivity contribution is -0.161. The van der Waals surface area contributed by atoms with Crippen LogP contribution in [0.15, 0.2) is 0 Å². The molecule has 0 aromatic heterocycles. The molecule has 0 saturated heterocycles. The molecule has 0 heterocycles. The molecule has 0 bridgehead atoms. The van der Waals surface area contributed by atoms with E-state index < -0.39 is 97.5 Å². The largest absolute Gasteiger partial charge is 0.472 e. The predicted molar refractivity (Wildman–Crippen MR) is 358 cm³/mol. The molecule has 3 unspecified atom stereocenters. The Balaban J connectivity index is 5.21. The van der Waals surface area contributed by atoms with Crippen LogP contribution in [0.2, 0.25) is 0 Å². The number of rotatable bonds is 69. The second-order valence-electron chi connectivity index (χ2n) is 26.0. The van der Waals surface area contributed by atoms with E-state index in [1.54, 1.807) is 0 Å². The van der Waals surface area contributed by atoms with E-state index in [9.17, 15) is 43.2 Å². The molecule has 0 amide bonds. The van der Waals surface area contributed by atoms with Gasteiger partial charge < -0.3 is 33.8 Å². The topological polar surface area (TPSA) is 237 Å². The van der Waals surface area contributed by atoms with Crippen molar-refractivity contribution in [1.29, 1.82) is 0 Å². The van der Waals surface area contributed by atoms with E-state index in [1.807, 2.05) is 0 Å². The summed E-state index contributed by atoms with van der Waals surface area (Å²) in [4.78, 5) is 72.4. The lowest BCUT2D eigenvalue weighted by Gasteiger charge is -2.21. The van der Waals surface area contributed by atoms with Crippen LogP contribution in [-0.2, 0) is 65.4 Å². The van der Waals surface area contributed by atoms with Gasteiger partial charge in [-0.25, -0.2) is 9.13 Å². The van der Waals surface area contributed by atoms with Gasteiger partial charge in [-0.15, -0.1) is 0 Å². The van der Waals surface area contributed by atoms with Crippen molar-refractivity contribution in [2.75, 3.05) is 39.6 Å². The third-order valence-corrected chi connectivity index (χ3v) is 18.5. The minimum absolute atomic E-state index is 0.105. The third-order valence-electron chi connectivity index (χ3n) is 16.6. The van der Waals surface area contributed by atoms with Crippen molar-refractivity contribution in [1.82, 2.24) is 0 Å². The standard InChI is InChI=1S/C70H136O17P2/c1-7-10-12-14-16-18-20-21-22-23-24-25-26-27-29-35-43-49-55-70(75)86-65(58-80-67(72)52-46-40-33-31-30-32-39-45-51-63(6)9-3)60-84-88(76,77)82-56-64(71)57-83-89(78,79)85-61-66(59-81-68(73)53-47-41-37-36-38-44-50-62(4)5)87-69(74)54-48-42-34-28-19-17-15-13-11-8-2/h62-66,71H,7-61H2,1-6H3,(H,76,77)(H,78,79)/t63?,64-,65-,66-/m1/s1. The van der Waals surface area contributed by atoms with Crippen LogP contribution < -0.4 is 0 Å². The molecule has 6 atom stereocenters. The molecule has 0 aliphatic carbocycles. The van der Waals surface area contributed by atoms with Crippen molar-refractivity contribution < 1.29 is 80.2 Å². The van der Waals surface area contributed by atoms with Crippen molar-refractivity contribution in [3.63, 3.8) is 0 Å². The van der Waals surface area contributed by atoms with Gasteiger partial charge in [-0.2, -0.15) is 0 Å². The maximum absolute atomic E-state index is 13.0. The Morgan fingerprint density at radius 3 is 0.854 bits per heavy atom. The summed E-state index contributed by atoms with van der Waals surface area (Å²) in [5, 5.41) is 10.6. The van der Waals surface area contributed by atoms with Gasteiger partial charge in [-0.05, 0) is 37.5 Å². The van der Waals surface area contributed by atoms with Crippen LogP contribution in [-0.4, -0.2) is 96.7 Å². The van der Waals surface area contributed by atoms with Crippen LogP contribution in [0.5, 0.6) is 0 Å². The maximum Gasteiger partial charge on any atom is 0.472 e. The number of phosphoric ester groups is 2. The van der Waals surface area contributed by atoms with Crippen molar-refractivity contribution in [2.24, 2.45) is 11.8 Å². The molecule has 3 N–H and O–H groups in total. The van der Waals surface area contributed by atoms with E-state index in [-0.39, 0.29) is 25.7 Å². The zero-order valence-electron chi connectivity index (χ0n) is 57.7. The van der Waals surface area contributed by atoms with Gasteiger partial charge in [-0.3, -0.25) is 37.3 Å². The van der Waals surface area contributed by atoms with Crippen LogP contribution >= 0.6 is 15.6 Å². The van der Waals surface area contributed by atoms with Crippen LogP contribution in [0.3, 0.4) is 0 Å². The average molecular weight is 1310 g/mol. The molecule has 0 rings (SSSR count). The maximum atomic E-state index is 13.0. The van der Waals surface area contributed by atoms with E-state index in [0.717, 1.165) is 102 Å². The van der Waals surface area contributed by atoms with E-state index in [4.69, 9.17) is 37.0 Å². The molecule has 528 valence electrons. The fourth-order valence-electron chi connectivity index (χ4n) is 10.6. The van der Waals surface area contributed by atoms with Crippen molar-refractivity contribution >= 4 is 39.5 Å². The second-order valence-corrected chi connectivity index (χ2v) is 28.9. The van der Waals surface area contributed by atoms with Crippen LogP contribution in [0.1, 0.15) is 356 Å². The minimum atomic E-state index is -4.95. The fraction of sp³-hybridized carbons (Fsp3) is 0.943. The highest BCUT2D eigenvalue weighted by atomic mass is 31.2. The molecule has 0 aliphatic heterocycles. The number of carbonyl (C=O) groups excluding carboxylic acids is 4. The Hall–Kier alpha value is -1.94. The summed E-state index contributed by atoms with van der Waals surface area (Å²) in [6, 6.07) is 0. The van der Waals surface area contributed by atoms with E-state index >= 15 is 0 Å². The first kappa shape index (κ1) is 87.1. The molecule has 0 fully saturated rings. The molecular formula is C70H136O17P2. The highest BCUT2D eigenvalue weighted by Crippen LogP contribution is 2.45. The van der Waals surface area contributed by atoms with Gasteiger partial charge in [0.1, 0.15) is 19.3 Å². The van der Waals surface area contributed by atoms with Crippen molar-refractivity contribution in [3.05, 3.63) is 0 Å². The average Bonchev–Trinajstić information content (AvgIpc) is 3.53. The SMILES string of the molecule is CCCCCCCCCCCCCCCCCCCCC(=O)O[C@H](COC(=O)CCCCCCCCCCC(C)CC)COP(=O)(O)OC[C@@H](O)COP(=O)(O)OC[C@@H](COC(=O)CCCCCCCCC(C)C)OC(=O)CCCCCCCCCCCC. The number of hydrogen-bond acceptors (Lipinski definition) is 15. The second kappa shape index (κ2) is 62.2. The molecule has 0 spiro atoms. The van der Waals surface area contributed by atoms with Gasteiger partial charge in [0.2, 0.25) is 0 Å². The number of ether oxygens (including phenoxy) is 4. The number of aliphatic hydroxyl groups excluding tert-OH is 1. The number of carbonyl (C=O) groups is 4. The van der Waals surface area contributed by atoms with Gasteiger partial charge in [0.25, 0.3) is 0 Å². The Labute approximate surface area is 543 Å². The van der Waals surface area contributed by atoms with Crippen LogP contribution in [0.25, 0.3) is 0 Å². The quantitative estimate of drug-likeness (QED) is 0.0222. The van der Waals surface area contributed by atoms with Crippen LogP contribution in [0.4, 0.5) is 0 Å². The summed E-state index contributed by atoms with van der Waals surface area (Å²) < 4.78 is 68.2.